The van der Waals surface area contributed by atoms with Crippen molar-refractivity contribution in [3.05, 3.63) is 52.8 Å². The topological polar surface area (TPSA) is 65.2 Å². The van der Waals surface area contributed by atoms with E-state index in [1.165, 1.54) is 0 Å². The second kappa shape index (κ2) is 9.02. The fourth-order valence-electron chi connectivity index (χ4n) is 3.68. The summed E-state index contributed by atoms with van der Waals surface area (Å²) in [6.07, 6.45) is 4.29. The number of aromatic amines is 1. The minimum absolute atomic E-state index is 0.113. The monoisotopic (exact) mass is 379 g/mol. The number of fused-ring (bicyclic) bond motifs is 1. The molecule has 0 radical (unpaired) electrons. The Morgan fingerprint density at radius 2 is 1.89 bits per heavy atom. The lowest BCUT2D eigenvalue weighted by Gasteiger charge is -2.17. The molecule has 0 spiro atoms. The Morgan fingerprint density at radius 3 is 2.64 bits per heavy atom. The van der Waals surface area contributed by atoms with Crippen molar-refractivity contribution in [3.63, 3.8) is 0 Å². The lowest BCUT2D eigenvalue weighted by molar-refractivity contribution is -0.110. The van der Waals surface area contributed by atoms with Gasteiger partial charge < -0.3 is 15.2 Å². The maximum Gasteiger partial charge on any atom is 0.256 e. The van der Waals surface area contributed by atoms with Gasteiger partial charge in [0.15, 0.2) is 5.78 Å². The number of anilines is 1. The minimum Gasteiger partial charge on any atom is -0.352 e. The predicted molar refractivity (Wildman–Crippen MR) is 114 cm³/mol. The summed E-state index contributed by atoms with van der Waals surface area (Å²) in [6.45, 7) is 9.40. The Balaban J connectivity index is 1.67. The zero-order chi connectivity index (χ0) is 20.1. The number of nitrogens with zero attached hydrogens (tertiary/aromatic N) is 1. The van der Waals surface area contributed by atoms with Crippen LogP contribution in [0.5, 0.6) is 0 Å². The Morgan fingerprint density at radius 1 is 1.14 bits per heavy atom. The van der Waals surface area contributed by atoms with E-state index in [2.05, 4.69) is 29.0 Å². The fraction of sp³-hybridized carbons (Fsp3) is 0.391. The van der Waals surface area contributed by atoms with Gasteiger partial charge in [0.25, 0.3) is 5.91 Å². The lowest BCUT2D eigenvalue weighted by Crippen LogP contribution is -2.24. The first-order valence-corrected chi connectivity index (χ1v) is 10.1. The highest BCUT2D eigenvalue weighted by Gasteiger charge is 2.23. The number of para-hydroxylation sites is 1. The number of carbonyl (C=O) groups is 2. The summed E-state index contributed by atoms with van der Waals surface area (Å²) in [5.41, 5.74) is 4.70. The van der Waals surface area contributed by atoms with Crippen molar-refractivity contribution in [1.29, 1.82) is 0 Å². The Hall–Kier alpha value is -2.66. The molecule has 0 saturated carbocycles. The lowest BCUT2D eigenvalue weighted by atomic mass is 10.1. The molecule has 0 saturated heterocycles. The van der Waals surface area contributed by atoms with Gasteiger partial charge in [-0.15, -0.1) is 0 Å². The summed E-state index contributed by atoms with van der Waals surface area (Å²) >= 11 is 0. The minimum atomic E-state index is -0.113. The second-order valence-electron chi connectivity index (χ2n) is 7.25. The van der Waals surface area contributed by atoms with E-state index in [1.807, 2.05) is 43.3 Å². The number of carbonyl (C=O) groups excluding carboxylic acids is 2. The molecule has 0 fully saturated rings. The normalized spacial score (nSPS) is 14.6. The van der Waals surface area contributed by atoms with Crippen LogP contribution in [0.3, 0.4) is 0 Å². The van der Waals surface area contributed by atoms with Crippen LogP contribution < -0.4 is 5.32 Å². The predicted octanol–water partition coefficient (Wildman–Crippen LogP) is 4.51. The maximum atomic E-state index is 12.6. The van der Waals surface area contributed by atoms with E-state index in [1.54, 1.807) is 0 Å². The van der Waals surface area contributed by atoms with Gasteiger partial charge in [-0.2, -0.15) is 0 Å². The molecule has 1 aromatic heterocycles. The fourth-order valence-corrected chi connectivity index (χ4v) is 3.68. The number of amides is 1. The number of rotatable bonds is 9. The van der Waals surface area contributed by atoms with Crippen molar-refractivity contribution < 1.29 is 9.59 Å². The van der Waals surface area contributed by atoms with Crippen molar-refractivity contribution in [1.82, 2.24) is 9.88 Å². The third kappa shape index (κ3) is 4.42. The van der Waals surface area contributed by atoms with Crippen LogP contribution in [0.15, 0.2) is 30.3 Å². The van der Waals surface area contributed by atoms with E-state index in [9.17, 15) is 9.59 Å². The molecule has 0 aliphatic carbocycles. The van der Waals surface area contributed by atoms with Crippen LogP contribution in [0, 0.1) is 6.92 Å². The zero-order valence-electron chi connectivity index (χ0n) is 17.0. The number of unbranched alkanes of at least 4 members (excludes halogenated alkanes) is 1. The van der Waals surface area contributed by atoms with E-state index >= 15 is 0 Å². The third-order valence-electron chi connectivity index (χ3n) is 5.35. The molecule has 1 aromatic carbocycles. The standard InChI is InChI=1S/C23H29N3O2/c1-4-26(5-2)13-9-8-12-21(27)22-16(3)14-17(24-22)15-19-18-10-6-7-11-20(18)25-23(19)28/h6-7,10-11,14-15,24H,4-5,8-9,12-13H2,1-3H3,(H,25,28)/b19-15-. The van der Waals surface area contributed by atoms with Crippen molar-refractivity contribution in [2.24, 2.45) is 0 Å². The largest absolute Gasteiger partial charge is 0.352 e. The molecule has 1 amide bonds. The van der Waals surface area contributed by atoms with Crippen LogP contribution in [0.1, 0.15) is 60.4 Å². The molecule has 2 N–H and O–H groups in total. The summed E-state index contributed by atoms with van der Waals surface area (Å²) < 4.78 is 0. The highest BCUT2D eigenvalue weighted by Crippen LogP contribution is 2.32. The molecule has 3 rings (SSSR count). The van der Waals surface area contributed by atoms with Gasteiger partial charge >= 0.3 is 0 Å². The molecule has 2 heterocycles. The Kier molecular flexibility index (Phi) is 6.47. The molecular formula is C23H29N3O2. The van der Waals surface area contributed by atoms with Crippen molar-refractivity contribution >= 4 is 29.0 Å². The van der Waals surface area contributed by atoms with Gasteiger partial charge in [-0.3, -0.25) is 9.59 Å². The van der Waals surface area contributed by atoms with E-state index in [-0.39, 0.29) is 11.7 Å². The number of aryl methyl sites for hydroxylation is 1. The van der Waals surface area contributed by atoms with Crippen molar-refractivity contribution in [3.8, 4) is 0 Å². The first-order valence-electron chi connectivity index (χ1n) is 10.1. The van der Waals surface area contributed by atoms with Gasteiger partial charge in [0.1, 0.15) is 0 Å². The molecule has 1 aliphatic heterocycles. The molecular weight excluding hydrogens is 350 g/mol. The molecule has 0 unspecified atom stereocenters. The number of hydrogen-bond donors (Lipinski definition) is 2. The van der Waals surface area contributed by atoms with Crippen molar-refractivity contribution in [2.75, 3.05) is 25.0 Å². The summed E-state index contributed by atoms with van der Waals surface area (Å²) in [5.74, 6) is 0.0238. The molecule has 148 valence electrons. The maximum absolute atomic E-state index is 12.6. The molecule has 0 atom stereocenters. The average Bonchev–Trinajstić information content (AvgIpc) is 3.21. The molecule has 1 aliphatic rings. The van der Waals surface area contributed by atoms with Gasteiger partial charge in [-0.1, -0.05) is 32.0 Å². The van der Waals surface area contributed by atoms with E-state index in [4.69, 9.17) is 0 Å². The van der Waals surface area contributed by atoms with Crippen LogP contribution >= 0.6 is 0 Å². The van der Waals surface area contributed by atoms with Gasteiger partial charge in [0.2, 0.25) is 0 Å². The third-order valence-corrected chi connectivity index (χ3v) is 5.35. The number of aromatic nitrogens is 1. The SMILES string of the molecule is CCN(CC)CCCCC(=O)c1[nH]c(/C=C2\C(=O)Nc3ccccc32)cc1C. The molecule has 5 heteroatoms. The molecule has 5 nitrogen and oxygen atoms in total. The highest BCUT2D eigenvalue weighted by atomic mass is 16.2. The quantitative estimate of drug-likeness (QED) is 0.383. The number of ketones is 1. The number of hydrogen-bond acceptors (Lipinski definition) is 3. The first kappa shape index (κ1) is 20.1. The zero-order valence-corrected chi connectivity index (χ0v) is 17.0. The smallest absolute Gasteiger partial charge is 0.256 e. The Bertz CT molecular complexity index is 891. The van der Waals surface area contributed by atoms with Crippen LogP contribution in [-0.2, 0) is 4.79 Å². The van der Waals surface area contributed by atoms with Crippen LogP contribution in [0.4, 0.5) is 5.69 Å². The summed E-state index contributed by atoms with van der Waals surface area (Å²) in [5, 5.41) is 2.87. The van der Waals surface area contributed by atoms with Gasteiger partial charge in [0, 0.05) is 23.4 Å². The molecule has 2 aromatic rings. The number of H-pyrrole nitrogens is 1. The van der Waals surface area contributed by atoms with E-state index in [0.29, 0.717) is 17.7 Å². The van der Waals surface area contributed by atoms with Gasteiger partial charge in [0.05, 0.1) is 11.3 Å². The number of Topliss-reactive ketones (excluding diaryl/α,β-unsaturated/α-hetero) is 1. The first-order chi connectivity index (χ1) is 13.5. The average molecular weight is 380 g/mol. The molecule has 0 bridgehead atoms. The van der Waals surface area contributed by atoms with Crippen LogP contribution in [0.2, 0.25) is 0 Å². The van der Waals surface area contributed by atoms with E-state index in [0.717, 1.165) is 55.0 Å². The second-order valence-corrected chi connectivity index (χ2v) is 7.25. The van der Waals surface area contributed by atoms with Gasteiger partial charge in [-0.05, 0) is 63.2 Å². The van der Waals surface area contributed by atoms with Crippen LogP contribution in [-0.4, -0.2) is 41.2 Å². The summed E-state index contributed by atoms with van der Waals surface area (Å²) in [6, 6.07) is 9.57. The summed E-state index contributed by atoms with van der Waals surface area (Å²) in [7, 11) is 0. The van der Waals surface area contributed by atoms with Gasteiger partial charge in [-0.25, -0.2) is 0 Å². The Labute approximate surface area is 166 Å². The summed E-state index contributed by atoms with van der Waals surface area (Å²) in [4.78, 5) is 30.5. The highest BCUT2D eigenvalue weighted by molar-refractivity contribution is 6.34. The van der Waals surface area contributed by atoms with Crippen LogP contribution in [0.25, 0.3) is 11.6 Å². The number of benzene rings is 1. The number of nitrogens with one attached hydrogen (secondary N) is 2. The van der Waals surface area contributed by atoms with E-state index < -0.39 is 0 Å². The molecule has 28 heavy (non-hydrogen) atoms. The van der Waals surface area contributed by atoms with Crippen molar-refractivity contribution in [2.45, 2.75) is 40.0 Å².